The molecule has 1 unspecified atom stereocenters. The normalized spacial score (nSPS) is 15.7. The fraction of sp³-hybridized carbons (Fsp3) is 0.304. The van der Waals surface area contributed by atoms with Crippen LogP contribution in [0.25, 0.3) is 6.08 Å². The van der Waals surface area contributed by atoms with Gasteiger partial charge in [-0.05, 0) is 64.2 Å². The molecule has 0 aromatic heterocycles. The molecule has 0 radical (unpaired) electrons. The van der Waals surface area contributed by atoms with Gasteiger partial charge in [-0.15, -0.1) is 0 Å². The second kappa shape index (κ2) is 11.2. The molecule has 2 N–H and O–H groups in total. The SMILES string of the molecule is O=C(NC1(C(=O)NCC(F)F)CC1)c1ccc(C=CC(c2cc(Cl)c(Cl)c(Cl)c2)C(F)(F)F)cc1Br. The lowest BCUT2D eigenvalue weighted by molar-refractivity contribution is -0.139. The van der Waals surface area contributed by atoms with Crippen LogP contribution in [-0.4, -0.2) is 36.5 Å². The van der Waals surface area contributed by atoms with E-state index in [1.165, 1.54) is 24.3 Å². The molecule has 1 aliphatic rings. The molecule has 2 aromatic carbocycles. The van der Waals surface area contributed by atoms with Crippen molar-refractivity contribution < 1.29 is 31.5 Å². The summed E-state index contributed by atoms with van der Waals surface area (Å²) >= 11 is 20.8. The van der Waals surface area contributed by atoms with Crippen molar-refractivity contribution in [3.63, 3.8) is 0 Å². The van der Waals surface area contributed by atoms with Crippen LogP contribution >= 0.6 is 50.7 Å². The van der Waals surface area contributed by atoms with Crippen LogP contribution in [0.1, 0.15) is 40.2 Å². The van der Waals surface area contributed by atoms with E-state index in [-0.39, 0.29) is 30.7 Å². The molecule has 4 nitrogen and oxygen atoms in total. The Bertz CT molecular complexity index is 1180. The third kappa shape index (κ3) is 6.90. The van der Waals surface area contributed by atoms with Crippen LogP contribution in [0, 0.1) is 0 Å². The minimum Gasteiger partial charge on any atom is -0.348 e. The maximum Gasteiger partial charge on any atom is 0.399 e. The van der Waals surface area contributed by atoms with Crippen molar-refractivity contribution in [2.24, 2.45) is 0 Å². The summed E-state index contributed by atoms with van der Waals surface area (Å²) < 4.78 is 66.2. The average molecular weight is 635 g/mol. The van der Waals surface area contributed by atoms with Crippen molar-refractivity contribution >= 4 is 68.6 Å². The molecule has 1 fully saturated rings. The van der Waals surface area contributed by atoms with E-state index in [0.29, 0.717) is 18.4 Å². The van der Waals surface area contributed by atoms with E-state index in [1.54, 1.807) is 0 Å². The van der Waals surface area contributed by atoms with Crippen LogP contribution in [0.2, 0.25) is 15.1 Å². The van der Waals surface area contributed by atoms with Gasteiger partial charge in [-0.3, -0.25) is 9.59 Å². The second-order valence-electron chi connectivity index (χ2n) is 8.05. The van der Waals surface area contributed by atoms with E-state index in [1.807, 2.05) is 0 Å². The van der Waals surface area contributed by atoms with Crippen LogP contribution < -0.4 is 10.6 Å². The predicted molar refractivity (Wildman–Crippen MR) is 132 cm³/mol. The van der Waals surface area contributed by atoms with E-state index >= 15 is 0 Å². The van der Waals surface area contributed by atoms with Gasteiger partial charge in [-0.25, -0.2) is 8.78 Å². The molecule has 36 heavy (non-hydrogen) atoms. The lowest BCUT2D eigenvalue weighted by atomic mass is 9.97. The van der Waals surface area contributed by atoms with Crippen molar-refractivity contribution in [3.05, 3.63) is 72.6 Å². The molecule has 0 bridgehead atoms. The molecule has 0 spiro atoms. The number of benzene rings is 2. The van der Waals surface area contributed by atoms with Gasteiger partial charge in [0.15, 0.2) is 0 Å². The van der Waals surface area contributed by atoms with Crippen molar-refractivity contribution in [2.45, 2.75) is 36.9 Å². The molecule has 13 heteroatoms. The minimum absolute atomic E-state index is 0.0516. The summed E-state index contributed by atoms with van der Waals surface area (Å²) in [5, 5.41) is 4.35. The highest BCUT2D eigenvalue weighted by atomic mass is 79.9. The van der Waals surface area contributed by atoms with Crippen LogP contribution in [0.3, 0.4) is 0 Å². The first-order chi connectivity index (χ1) is 16.7. The molecule has 3 rings (SSSR count). The molecule has 0 saturated heterocycles. The van der Waals surface area contributed by atoms with Gasteiger partial charge in [0.2, 0.25) is 5.91 Å². The smallest absolute Gasteiger partial charge is 0.348 e. The van der Waals surface area contributed by atoms with Crippen molar-refractivity contribution in [3.8, 4) is 0 Å². The summed E-state index contributed by atoms with van der Waals surface area (Å²) in [6, 6.07) is 6.39. The van der Waals surface area contributed by atoms with E-state index in [2.05, 4.69) is 26.6 Å². The molecule has 0 heterocycles. The Morgan fingerprint density at radius 1 is 1.08 bits per heavy atom. The van der Waals surface area contributed by atoms with Gasteiger partial charge in [0, 0.05) is 4.47 Å². The van der Waals surface area contributed by atoms with Gasteiger partial charge < -0.3 is 10.6 Å². The number of allylic oxidation sites excluding steroid dienone is 1. The summed E-state index contributed by atoms with van der Waals surface area (Å²) in [7, 11) is 0. The molecule has 2 aromatic rings. The zero-order valence-corrected chi connectivity index (χ0v) is 21.9. The van der Waals surface area contributed by atoms with E-state index in [4.69, 9.17) is 34.8 Å². The Hall–Kier alpha value is -1.88. The van der Waals surface area contributed by atoms with Crippen LogP contribution in [0.4, 0.5) is 22.0 Å². The zero-order valence-electron chi connectivity index (χ0n) is 18.0. The second-order valence-corrected chi connectivity index (χ2v) is 10.1. The number of rotatable bonds is 8. The zero-order chi connectivity index (χ0) is 26.8. The quantitative estimate of drug-likeness (QED) is 0.235. The molecule has 0 aliphatic heterocycles. The van der Waals surface area contributed by atoms with Gasteiger partial charge >= 0.3 is 6.18 Å². The van der Waals surface area contributed by atoms with E-state index in [9.17, 15) is 31.5 Å². The fourth-order valence-electron chi connectivity index (χ4n) is 3.35. The number of carbonyl (C=O) groups is 2. The van der Waals surface area contributed by atoms with Crippen molar-refractivity contribution in [2.75, 3.05) is 6.54 Å². The summed E-state index contributed by atoms with van der Waals surface area (Å²) in [6.07, 6.45) is -4.64. The molecular formula is C23H17BrCl3F5N2O2. The monoisotopic (exact) mass is 632 g/mol. The first-order valence-electron chi connectivity index (χ1n) is 10.3. The van der Waals surface area contributed by atoms with E-state index in [0.717, 1.165) is 18.2 Å². The van der Waals surface area contributed by atoms with Crippen LogP contribution in [-0.2, 0) is 4.79 Å². The minimum atomic E-state index is -4.66. The first kappa shape index (κ1) is 28.7. The lowest BCUT2D eigenvalue weighted by Gasteiger charge is -2.19. The molecular weight excluding hydrogens is 618 g/mol. The number of halogens is 9. The van der Waals surface area contributed by atoms with Crippen molar-refractivity contribution in [1.29, 1.82) is 0 Å². The molecule has 2 amide bonds. The number of amides is 2. The van der Waals surface area contributed by atoms with Crippen molar-refractivity contribution in [1.82, 2.24) is 10.6 Å². The largest absolute Gasteiger partial charge is 0.399 e. The Morgan fingerprint density at radius 2 is 1.69 bits per heavy atom. The maximum atomic E-state index is 13.7. The topological polar surface area (TPSA) is 58.2 Å². The standard InChI is InChI=1S/C23H17BrCl3F5N2O2/c24-15-7-11(2-4-14(23(30,31)32)12-8-16(25)19(27)17(26)9-12)1-3-13(15)20(35)34-22(5-6-22)21(36)33-10-18(28)29/h1-4,7-9,14,18H,5-6,10H2,(H,33,36)(H,34,35). The van der Waals surface area contributed by atoms with Gasteiger partial charge in [-0.2, -0.15) is 13.2 Å². The van der Waals surface area contributed by atoms with Crippen LogP contribution in [0.15, 0.2) is 40.9 Å². The third-order valence-electron chi connectivity index (χ3n) is 5.39. The highest BCUT2D eigenvalue weighted by Gasteiger charge is 2.51. The number of alkyl halides is 5. The van der Waals surface area contributed by atoms with E-state index < -0.39 is 42.4 Å². The molecule has 1 atom stereocenters. The molecule has 194 valence electrons. The Kier molecular flexibility index (Phi) is 8.96. The van der Waals surface area contributed by atoms with Gasteiger partial charge in [0.25, 0.3) is 12.3 Å². The first-order valence-corrected chi connectivity index (χ1v) is 12.2. The summed E-state index contributed by atoms with van der Waals surface area (Å²) in [6.45, 7) is -0.825. The third-order valence-corrected chi connectivity index (χ3v) is 7.24. The number of hydrogen-bond acceptors (Lipinski definition) is 2. The Labute approximate surface area is 226 Å². The Morgan fingerprint density at radius 3 is 2.19 bits per heavy atom. The lowest BCUT2D eigenvalue weighted by Crippen LogP contribution is -2.50. The van der Waals surface area contributed by atoms with Gasteiger partial charge in [-0.1, -0.05) is 53.0 Å². The molecule has 1 saturated carbocycles. The number of nitrogens with one attached hydrogen (secondary N) is 2. The van der Waals surface area contributed by atoms with Gasteiger partial charge in [0.1, 0.15) is 5.54 Å². The average Bonchev–Trinajstić information content (AvgIpc) is 3.55. The predicted octanol–water partition coefficient (Wildman–Crippen LogP) is 7.41. The Balaban J connectivity index is 1.77. The maximum absolute atomic E-state index is 13.7. The highest BCUT2D eigenvalue weighted by molar-refractivity contribution is 9.10. The fourth-order valence-corrected chi connectivity index (χ4v) is 4.54. The summed E-state index contributed by atoms with van der Waals surface area (Å²) in [5.41, 5.74) is -1.00. The summed E-state index contributed by atoms with van der Waals surface area (Å²) in [4.78, 5) is 24.8. The van der Waals surface area contributed by atoms with Gasteiger partial charge in [0.05, 0.1) is 33.1 Å². The number of hydrogen-bond donors (Lipinski definition) is 2. The number of carbonyl (C=O) groups excluding carboxylic acids is 2. The summed E-state index contributed by atoms with van der Waals surface area (Å²) in [5.74, 6) is -3.37. The highest BCUT2D eigenvalue weighted by Crippen LogP contribution is 2.41. The molecule has 1 aliphatic carbocycles. The van der Waals surface area contributed by atoms with Crippen LogP contribution in [0.5, 0.6) is 0 Å².